The number of anilines is 1. The highest BCUT2D eigenvalue weighted by molar-refractivity contribution is 7.21. The molecule has 33 heavy (non-hydrogen) atoms. The van der Waals surface area contributed by atoms with E-state index in [0.29, 0.717) is 28.7 Å². The Morgan fingerprint density at radius 1 is 1.18 bits per heavy atom. The quantitative estimate of drug-likeness (QED) is 0.374. The Kier molecular flexibility index (Phi) is 6.50. The number of rotatable bonds is 8. The zero-order valence-electron chi connectivity index (χ0n) is 18.2. The van der Waals surface area contributed by atoms with E-state index in [4.69, 9.17) is 14.2 Å². The Bertz CT molecular complexity index is 1290. The van der Waals surface area contributed by atoms with Gasteiger partial charge in [-0.15, -0.1) is 16.4 Å². The van der Waals surface area contributed by atoms with Crippen LogP contribution in [-0.4, -0.2) is 46.2 Å². The summed E-state index contributed by atoms with van der Waals surface area (Å²) >= 11 is 1.28. The number of aromatic nitrogens is 4. The van der Waals surface area contributed by atoms with Crippen molar-refractivity contribution in [2.45, 2.75) is 20.3 Å². The number of amides is 1. The summed E-state index contributed by atoms with van der Waals surface area (Å²) < 4.78 is 17.5. The van der Waals surface area contributed by atoms with Gasteiger partial charge in [-0.2, -0.15) is 5.21 Å². The van der Waals surface area contributed by atoms with Gasteiger partial charge in [-0.1, -0.05) is 17.2 Å². The molecule has 1 amide bonds. The zero-order chi connectivity index (χ0) is 23.4. The smallest absolute Gasteiger partial charge is 0.310 e. The van der Waals surface area contributed by atoms with Crippen LogP contribution in [0.2, 0.25) is 0 Å². The molecule has 4 rings (SSSR count). The van der Waals surface area contributed by atoms with Gasteiger partial charge in [0.15, 0.2) is 5.75 Å². The van der Waals surface area contributed by atoms with Crippen LogP contribution < -0.4 is 14.8 Å². The number of ether oxygens (including phenoxy) is 3. The minimum absolute atomic E-state index is 0.0560. The van der Waals surface area contributed by atoms with Crippen molar-refractivity contribution in [1.82, 2.24) is 20.6 Å². The molecule has 0 saturated heterocycles. The van der Waals surface area contributed by atoms with Crippen molar-refractivity contribution in [2.75, 3.05) is 19.0 Å². The molecule has 0 fully saturated rings. The molecule has 0 saturated carbocycles. The average molecular weight is 468 g/mol. The fourth-order valence-electron chi connectivity index (χ4n) is 3.22. The molecule has 0 aliphatic rings. The third kappa shape index (κ3) is 4.93. The second-order valence-electron chi connectivity index (χ2n) is 7.00. The Labute approximate surface area is 192 Å². The number of carbonyl (C=O) groups excluding carboxylic acids is 2. The van der Waals surface area contributed by atoms with Gasteiger partial charge < -0.3 is 14.2 Å². The molecule has 0 bridgehead atoms. The van der Waals surface area contributed by atoms with Gasteiger partial charge in [0, 0.05) is 10.1 Å². The second-order valence-corrected chi connectivity index (χ2v) is 8.05. The highest BCUT2D eigenvalue weighted by Gasteiger charge is 2.23. The standard InChI is InChI=1S/C22H21N5O5S/c1-4-31-18(28)10-13-5-7-14(8-6-13)32-19-15-11-16(30-3)12(2)9-17(15)33-20(19)21(29)23-22-24-26-27-25-22/h5-9,11H,4,10H2,1-3H3,(H2,23,24,25,26,27,29). The molecule has 0 aliphatic heterocycles. The van der Waals surface area contributed by atoms with E-state index in [1.165, 1.54) is 11.3 Å². The average Bonchev–Trinajstić information content (AvgIpc) is 3.42. The van der Waals surface area contributed by atoms with E-state index in [1.807, 2.05) is 19.1 Å². The maximum Gasteiger partial charge on any atom is 0.310 e. The van der Waals surface area contributed by atoms with E-state index in [2.05, 4.69) is 25.9 Å². The van der Waals surface area contributed by atoms with Gasteiger partial charge in [-0.25, -0.2) is 0 Å². The van der Waals surface area contributed by atoms with Crippen molar-refractivity contribution in [2.24, 2.45) is 0 Å². The number of tetrazole rings is 1. The molecule has 2 aromatic heterocycles. The van der Waals surface area contributed by atoms with E-state index >= 15 is 0 Å². The van der Waals surface area contributed by atoms with Gasteiger partial charge in [0.1, 0.15) is 16.4 Å². The van der Waals surface area contributed by atoms with Gasteiger partial charge in [0.05, 0.1) is 20.1 Å². The first-order valence-electron chi connectivity index (χ1n) is 10.1. The van der Waals surface area contributed by atoms with Crippen molar-refractivity contribution in [1.29, 1.82) is 0 Å². The molecular formula is C22H21N5O5S. The topological polar surface area (TPSA) is 128 Å². The maximum absolute atomic E-state index is 13.0. The minimum atomic E-state index is -0.428. The maximum atomic E-state index is 13.0. The Morgan fingerprint density at radius 2 is 1.97 bits per heavy atom. The molecule has 0 unspecified atom stereocenters. The summed E-state index contributed by atoms with van der Waals surface area (Å²) in [5.41, 5.74) is 1.73. The number of aryl methyl sites for hydroxylation is 1. The first-order valence-corrected chi connectivity index (χ1v) is 10.9. The number of esters is 1. The van der Waals surface area contributed by atoms with Crippen LogP contribution >= 0.6 is 11.3 Å². The summed E-state index contributed by atoms with van der Waals surface area (Å²) in [6.45, 7) is 4.03. The Hall–Kier alpha value is -3.99. The summed E-state index contributed by atoms with van der Waals surface area (Å²) in [6.07, 6.45) is 0.171. The molecule has 0 radical (unpaired) electrons. The summed E-state index contributed by atoms with van der Waals surface area (Å²) in [6, 6.07) is 10.8. The van der Waals surface area contributed by atoms with Crippen LogP contribution in [0.1, 0.15) is 27.7 Å². The Balaban J connectivity index is 1.68. The molecule has 0 spiro atoms. The summed E-state index contributed by atoms with van der Waals surface area (Å²) in [5, 5.41) is 16.6. The first-order chi connectivity index (χ1) is 16.0. The third-order valence-electron chi connectivity index (χ3n) is 4.73. The lowest BCUT2D eigenvalue weighted by molar-refractivity contribution is -0.142. The van der Waals surface area contributed by atoms with Crippen LogP contribution in [0.4, 0.5) is 5.95 Å². The fraction of sp³-hybridized carbons (Fsp3) is 0.227. The monoisotopic (exact) mass is 467 g/mol. The molecule has 10 nitrogen and oxygen atoms in total. The molecule has 11 heteroatoms. The molecule has 170 valence electrons. The summed E-state index contributed by atoms with van der Waals surface area (Å²) in [7, 11) is 1.59. The highest BCUT2D eigenvalue weighted by Crippen LogP contribution is 2.43. The largest absolute Gasteiger partial charge is 0.496 e. The van der Waals surface area contributed by atoms with E-state index in [9.17, 15) is 9.59 Å². The van der Waals surface area contributed by atoms with E-state index in [-0.39, 0.29) is 18.3 Å². The van der Waals surface area contributed by atoms with Crippen LogP contribution in [0, 0.1) is 6.92 Å². The number of methoxy groups -OCH3 is 1. The van der Waals surface area contributed by atoms with Crippen molar-refractivity contribution in [3.8, 4) is 17.2 Å². The van der Waals surface area contributed by atoms with E-state index in [0.717, 1.165) is 21.2 Å². The third-order valence-corrected chi connectivity index (χ3v) is 5.87. The van der Waals surface area contributed by atoms with Gasteiger partial charge in [0.25, 0.3) is 11.9 Å². The molecule has 2 N–H and O–H groups in total. The first kappa shape index (κ1) is 22.2. The second kappa shape index (κ2) is 9.65. The summed E-state index contributed by atoms with van der Waals surface area (Å²) in [5.74, 6) is 0.907. The number of thiophene rings is 1. The van der Waals surface area contributed by atoms with Gasteiger partial charge in [-0.3, -0.25) is 14.9 Å². The molecule has 4 aromatic rings. The van der Waals surface area contributed by atoms with Crippen molar-refractivity contribution >= 4 is 39.2 Å². The number of fused-ring (bicyclic) bond motifs is 1. The lowest BCUT2D eigenvalue weighted by atomic mass is 10.1. The van der Waals surface area contributed by atoms with Crippen molar-refractivity contribution < 1.29 is 23.8 Å². The number of carbonyl (C=O) groups is 2. The van der Waals surface area contributed by atoms with Crippen LogP contribution in [0.3, 0.4) is 0 Å². The van der Waals surface area contributed by atoms with Crippen molar-refractivity contribution in [3.05, 3.63) is 52.4 Å². The molecule has 2 heterocycles. The molecule has 0 aliphatic carbocycles. The minimum Gasteiger partial charge on any atom is -0.496 e. The normalized spacial score (nSPS) is 10.8. The number of hydrogen-bond donors (Lipinski definition) is 2. The summed E-state index contributed by atoms with van der Waals surface area (Å²) in [4.78, 5) is 25.0. The van der Waals surface area contributed by atoms with Crippen LogP contribution in [0.15, 0.2) is 36.4 Å². The number of benzene rings is 2. The number of aromatic amines is 1. The van der Waals surface area contributed by atoms with E-state index < -0.39 is 5.91 Å². The number of H-pyrrole nitrogens is 1. The van der Waals surface area contributed by atoms with Crippen LogP contribution in [0.5, 0.6) is 17.2 Å². The highest BCUT2D eigenvalue weighted by atomic mass is 32.1. The van der Waals surface area contributed by atoms with Crippen LogP contribution in [-0.2, 0) is 16.0 Å². The van der Waals surface area contributed by atoms with Gasteiger partial charge in [0.2, 0.25) is 0 Å². The number of nitrogens with zero attached hydrogens (tertiary/aromatic N) is 3. The lowest BCUT2D eigenvalue weighted by Gasteiger charge is -2.10. The SMILES string of the molecule is CCOC(=O)Cc1ccc(Oc2c(C(=O)Nc3nn[nH]n3)sc3cc(C)c(OC)cc23)cc1. The van der Waals surface area contributed by atoms with Gasteiger partial charge >= 0.3 is 5.97 Å². The lowest BCUT2D eigenvalue weighted by Crippen LogP contribution is -2.12. The van der Waals surface area contributed by atoms with Crippen molar-refractivity contribution in [3.63, 3.8) is 0 Å². The number of nitrogens with one attached hydrogen (secondary N) is 2. The molecule has 2 aromatic carbocycles. The molecular weight excluding hydrogens is 446 g/mol. The zero-order valence-corrected chi connectivity index (χ0v) is 19.0. The molecule has 0 atom stereocenters. The van der Waals surface area contributed by atoms with E-state index in [1.54, 1.807) is 38.3 Å². The predicted octanol–water partition coefficient (Wildman–Crippen LogP) is 3.88. The number of hydrogen-bond acceptors (Lipinski definition) is 9. The predicted molar refractivity (Wildman–Crippen MR) is 122 cm³/mol. The van der Waals surface area contributed by atoms with Gasteiger partial charge in [-0.05, 0) is 54.5 Å². The fourth-order valence-corrected chi connectivity index (χ4v) is 4.32. The Morgan fingerprint density at radius 3 is 2.64 bits per heavy atom. The van der Waals surface area contributed by atoms with Crippen LogP contribution in [0.25, 0.3) is 10.1 Å².